The summed E-state index contributed by atoms with van der Waals surface area (Å²) in [7, 11) is 0. The van der Waals surface area contributed by atoms with E-state index in [1.807, 2.05) is 0 Å². The minimum atomic E-state index is 0.598. The molecule has 0 nitrogen and oxygen atoms in total. The third-order valence-electron chi connectivity index (χ3n) is 9.24. The van der Waals surface area contributed by atoms with Crippen LogP contribution in [0.25, 0.3) is 0 Å². The number of fused-ring (bicyclic) bond motifs is 5. The van der Waals surface area contributed by atoms with Crippen molar-refractivity contribution in [3.05, 3.63) is 12.2 Å². The lowest BCUT2D eigenvalue weighted by atomic mass is 9.49. The van der Waals surface area contributed by atoms with Crippen LogP contribution in [0.15, 0.2) is 12.2 Å². The van der Waals surface area contributed by atoms with Crippen LogP contribution in [-0.4, -0.2) is 0 Å². The summed E-state index contributed by atoms with van der Waals surface area (Å²) in [4.78, 5) is 0. The average Bonchev–Trinajstić information content (AvgIpc) is 2.91. The summed E-state index contributed by atoms with van der Waals surface area (Å²) in [5, 5.41) is 0. The molecule has 0 bridgehead atoms. The molecule has 4 aliphatic rings. The van der Waals surface area contributed by atoms with Crippen LogP contribution in [-0.2, 0) is 0 Å². The summed E-state index contributed by atoms with van der Waals surface area (Å²) in [6.07, 6.45) is 15.2. The highest BCUT2D eigenvalue weighted by Gasteiger charge is 2.56. The standard InChI is InChI=1S/C23H38/c1-5-16-6-8-18-17(14-16)7-9-20-19(18)12-13-23(4)21(15(2)3)10-11-22(20)23/h16-22H,2,5-14H2,1,3-4H3/t16-,17?,18?,19?,20?,21+,22?,23?/m0/s1. The number of hydrogen-bond donors (Lipinski definition) is 0. The number of allylic oxidation sites excluding steroid dienone is 1. The van der Waals surface area contributed by atoms with Gasteiger partial charge in [-0.25, -0.2) is 0 Å². The molecule has 23 heavy (non-hydrogen) atoms. The van der Waals surface area contributed by atoms with E-state index in [4.69, 9.17) is 0 Å². The lowest BCUT2D eigenvalue weighted by Crippen LogP contribution is -2.48. The van der Waals surface area contributed by atoms with Crippen LogP contribution in [0.3, 0.4) is 0 Å². The maximum absolute atomic E-state index is 4.36. The number of hydrogen-bond acceptors (Lipinski definition) is 0. The first kappa shape index (κ1) is 16.2. The van der Waals surface area contributed by atoms with E-state index in [-0.39, 0.29) is 0 Å². The Balaban J connectivity index is 1.53. The Kier molecular flexibility index (Phi) is 4.18. The van der Waals surface area contributed by atoms with Gasteiger partial charge in [-0.3, -0.25) is 0 Å². The van der Waals surface area contributed by atoms with Crippen molar-refractivity contribution in [1.29, 1.82) is 0 Å². The van der Waals surface area contributed by atoms with Gasteiger partial charge in [-0.2, -0.15) is 0 Å². The molecule has 0 aromatic rings. The molecular formula is C23H38. The summed E-state index contributed by atoms with van der Waals surface area (Å²) in [5.41, 5.74) is 2.08. The van der Waals surface area contributed by atoms with E-state index >= 15 is 0 Å². The summed E-state index contributed by atoms with van der Waals surface area (Å²) in [6.45, 7) is 11.7. The summed E-state index contributed by atoms with van der Waals surface area (Å²) < 4.78 is 0. The Hall–Kier alpha value is -0.260. The largest absolute Gasteiger partial charge is 0.0998 e. The van der Waals surface area contributed by atoms with E-state index in [2.05, 4.69) is 27.4 Å². The predicted octanol–water partition coefficient (Wildman–Crippen LogP) is 6.86. The van der Waals surface area contributed by atoms with Crippen molar-refractivity contribution in [1.82, 2.24) is 0 Å². The summed E-state index contributed by atoms with van der Waals surface area (Å²) >= 11 is 0. The van der Waals surface area contributed by atoms with E-state index in [1.165, 1.54) is 37.7 Å². The van der Waals surface area contributed by atoms with E-state index in [1.54, 1.807) is 32.1 Å². The molecule has 0 amide bonds. The van der Waals surface area contributed by atoms with Gasteiger partial charge in [0, 0.05) is 0 Å². The first-order chi connectivity index (χ1) is 11.0. The van der Waals surface area contributed by atoms with Gasteiger partial charge in [0.25, 0.3) is 0 Å². The molecule has 0 saturated heterocycles. The Morgan fingerprint density at radius 3 is 2.48 bits per heavy atom. The molecule has 4 fully saturated rings. The van der Waals surface area contributed by atoms with Crippen molar-refractivity contribution in [2.24, 2.45) is 46.8 Å². The van der Waals surface area contributed by atoms with E-state index in [0.29, 0.717) is 5.41 Å². The van der Waals surface area contributed by atoms with E-state index < -0.39 is 0 Å². The minimum Gasteiger partial charge on any atom is -0.0998 e. The fourth-order valence-corrected chi connectivity index (χ4v) is 8.13. The van der Waals surface area contributed by atoms with Crippen LogP contribution in [0.1, 0.15) is 85.0 Å². The molecule has 0 heterocycles. The van der Waals surface area contributed by atoms with Crippen LogP contribution >= 0.6 is 0 Å². The van der Waals surface area contributed by atoms with Crippen molar-refractivity contribution in [2.45, 2.75) is 85.0 Å². The highest BCUT2D eigenvalue weighted by Crippen LogP contribution is 2.65. The van der Waals surface area contributed by atoms with Crippen molar-refractivity contribution >= 4 is 0 Å². The highest BCUT2D eigenvalue weighted by atomic mass is 14.6. The van der Waals surface area contributed by atoms with Crippen LogP contribution in [0.2, 0.25) is 0 Å². The second kappa shape index (κ2) is 5.92. The first-order valence-electron chi connectivity index (χ1n) is 10.7. The lowest BCUT2D eigenvalue weighted by Gasteiger charge is -2.56. The van der Waals surface area contributed by atoms with Crippen molar-refractivity contribution in [2.75, 3.05) is 0 Å². The van der Waals surface area contributed by atoms with Crippen molar-refractivity contribution < 1.29 is 0 Å². The van der Waals surface area contributed by atoms with Gasteiger partial charge < -0.3 is 0 Å². The van der Waals surface area contributed by atoms with Gasteiger partial charge in [0.1, 0.15) is 0 Å². The molecule has 0 aromatic heterocycles. The van der Waals surface area contributed by atoms with Gasteiger partial charge in [0.15, 0.2) is 0 Å². The van der Waals surface area contributed by atoms with Crippen LogP contribution in [0.5, 0.6) is 0 Å². The van der Waals surface area contributed by atoms with Gasteiger partial charge in [0.2, 0.25) is 0 Å². The van der Waals surface area contributed by atoms with Crippen molar-refractivity contribution in [3.8, 4) is 0 Å². The second-order valence-corrected chi connectivity index (χ2v) is 10.0. The van der Waals surface area contributed by atoms with Gasteiger partial charge >= 0.3 is 0 Å². The van der Waals surface area contributed by atoms with E-state index in [9.17, 15) is 0 Å². The molecular weight excluding hydrogens is 276 g/mol. The molecule has 0 heteroatoms. The highest BCUT2D eigenvalue weighted by molar-refractivity contribution is 5.13. The number of rotatable bonds is 2. The molecule has 0 aliphatic heterocycles. The summed E-state index contributed by atoms with van der Waals surface area (Å²) in [5.74, 6) is 7.25. The minimum absolute atomic E-state index is 0.598. The average molecular weight is 315 g/mol. The molecule has 4 rings (SSSR count). The molecule has 4 aliphatic carbocycles. The third kappa shape index (κ3) is 2.46. The Morgan fingerprint density at radius 1 is 0.957 bits per heavy atom. The maximum atomic E-state index is 4.36. The zero-order valence-corrected chi connectivity index (χ0v) is 15.8. The Labute approximate surface area is 144 Å². The topological polar surface area (TPSA) is 0 Å². The fraction of sp³-hybridized carbons (Fsp3) is 0.913. The maximum Gasteiger partial charge on any atom is -0.0152 e. The van der Waals surface area contributed by atoms with Crippen LogP contribution < -0.4 is 0 Å². The third-order valence-corrected chi connectivity index (χ3v) is 9.24. The molecule has 0 radical (unpaired) electrons. The monoisotopic (exact) mass is 314 g/mol. The first-order valence-corrected chi connectivity index (χ1v) is 10.7. The normalized spacial score (nSPS) is 52.4. The lowest BCUT2D eigenvalue weighted by molar-refractivity contribution is -0.0645. The van der Waals surface area contributed by atoms with Gasteiger partial charge in [-0.05, 0) is 105 Å². The quantitative estimate of drug-likeness (QED) is 0.488. The van der Waals surface area contributed by atoms with E-state index in [0.717, 1.165) is 41.4 Å². The van der Waals surface area contributed by atoms with Crippen LogP contribution in [0.4, 0.5) is 0 Å². The second-order valence-electron chi connectivity index (χ2n) is 10.0. The molecule has 8 atom stereocenters. The Morgan fingerprint density at radius 2 is 1.74 bits per heavy atom. The molecule has 130 valence electrons. The zero-order chi connectivity index (χ0) is 16.2. The fourth-order valence-electron chi connectivity index (χ4n) is 8.13. The molecule has 4 saturated carbocycles. The van der Waals surface area contributed by atoms with Gasteiger partial charge in [0.05, 0.1) is 0 Å². The molecule has 0 aromatic carbocycles. The van der Waals surface area contributed by atoms with Crippen LogP contribution in [0, 0.1) is 46.8 Å². The van der Waals surface area contributed by atoms with Gasteiger partial charge in [-0.1, -0.05) is 38.8 Å². The van der Waals surface area contributed by atoms with Gasteiger partial charge in [-0.15, -0.1) is 0 Å². The van der Waals surface area contributed by atoms with Crippen molar-refractivity contribution in [3.63, 3.8) is 0 Å². The SMILES string of the molecule is C=C(C)[C@H]1CCC2C3CCC4C[C@@H](CC)CCC4C3CCC21C. The molecule has 6 unspecified atom stereocenters. The summed E-state index contributed by atoms with van der Waals surface area (Å²) in [6, 6.07) is 0. The zero-order valence-electron chi connectivity index (χ0n) is 15.8. The predicted molar refractivity (Wildman–Crippen MR) is 99.2 cm³/mol. The molecule has 0 N–H and O–H groups in total. The molecule has 0 spiro atoms. The Bertz CT molecular complexity index is 463. The smallest absolute Gasteiger partial charge is 0.0152 e.